The third kappa shape index (κ3) is 4.57. The van der Waals surface area contributed by atoms with E-state index in [0.717, 1.165) is 0 Å². The van der Waals surface area contributed by atoms with Crippen molar-refractivity contribution in [2.75, 3.05) is 13.7 Å². The zero-order chi connectivity index (χ0) is 16.0. The summed E-state index contributed by atoms with van der Waals surface area (Å²) in [6.45, 7) is 2.07. The highest BCUT2D eigenvalue weighted by Gasteiger charge is 2.28. The largest absolute Gasteiger partial charge is 0.494 e. The van der Waals surface area contributed by atoms with Crippen LogP contribution < -0.4 is 15.8 Å². The first kappa shape index (κ1) is 17.2. The van der Waals surface area contributed by atoms with Gasteiger partial charge in [-0.15, -0.1) is 0 Å². The average Bonchev–Trinajstić information content (AvgIpc) is 2.42. The van der Waals surface area contributed by atoms with Gasteiger partial charge < -0.3 is 15.8 Å². The second-order valence-corrected chi connectivity index (χ2v) is 5.18. The summed E-state index contributed by atoms with van der Waals surface area (Å²) in [4.78, 5) is 21.4. The second-order valence-electron chi connectivity index (χ2n) is 4.77. The van der Waals surface area contributed by atoms with Crippen molar-refractivity contribution in [2.45, 2.75) is 25.3 Å². The smallest absolute Gasteiger partial charge is 0.288 e. The SMILES string of the molecule is CNC(C)(CCCOc1ccc([N+](=O)[O-])c(Cl)c1)C(N)=O. The molecule has 0 bridgehead atoms. The number of hydrogen-bond acceptors (Lipinski definition) is 5. The van der Waals surface area contributed by atoms with Gasteiger partial charge in [-0.25, -0.2) is 0 Å². The summed E-state index contributed by atoms with van der Waals surface area (Å²) in [5.74, 6) is 0.0132. The zero-order valence-electron chi connectivity index (χ0n) is 11.9. The van der Waals surface area contributed by atoms with E-state index in [1.165, 1.54) is 18.2 Å². The number of benzene rings is 1. The molecule has 1 aromatic rings. The number of nitrogens with zero attached hydrogens (tertiary/aromatic N) is 1. The first-order valence-electron chi connectivity index (χ1n) is 6.35. The van der Waals surface area contributed by atoms with Gasteiger partial charge in [0.2, 0.25) is 5.91 Å². The molecule has 0 fully saturated rings. The molecule has 0 heterocycles. The molecule has 0 spiro atoms. The Morgan fingerprint density at radius 1 is 1.57 bits per heavy atom. The fraction of sp³-hybridized carbons (Fsp3) is 0.462. The summed E-state index contributed by atoms with van der Waals surface area (Å²) in [7, 11) is 1.67. The van der Waals surface area contributed by atoms with E-state index < -0.39 is 16.4 Å². The van der Waals surface area contributed by atoms with Crippen molar-refractivity contribution in [2.24, 2.45) is 5.73 Å². The Morgan fingerprint density at radius 2 is 2.24 bits per heavy atom. The maximum Gasteiger partial charge on any atom is 0.288 e. The molecule has 1 amide bonds. The molecule has 0 saturated heterocycles. The number of ether oxygens (including phenoxy) is 1. The average molecular weight is 316 g/mol. The van der Waals surface area contributed by atoms with E-state index in [9.17, 15) is 14.9 Å². The Morgan fingerprint density at radius 3 is 2.71 bits per heavy atom. The van der Waals surface area contributed by atoms with Gasteiger partial charge in [0.05, 0.1) is 17.1 Å². The second kappa shape index (κ2) is 7.24. The molecule has 1 aromatic carbocycles. The molecule has 0 aromatic heterocycles. The van der Waals surface area contributed by atoms with E-state index in [1.54, 1.807) is 14.0 Å². The first-order chi connectivity index (χ1) is 9.80. The lowest BCUT2D eigenvalue weighted by atomic mass is 9.95. The number of nitro benzene ring substituents is 1. The highest BCUT2D eigenvalue weighted by molar-refractivity contribution is 6.32. The third-order valence-corrected chi connectivity index (χ3v) is 3.60. The molecule has 8 heteroatoms. The van der Waals surface area contributed by atoms with Crippen LogP contribution >= 0.6 is 11.6 Å². The van der Waals surface area contributed by atoms with Crippen LogP contribution in [0.1, 0.15) is 19.8 Å². The van der Waals surface area contributed by atoms with Crippen molar-refractivity contribution in [3.8, 4) is 5.75 Å². The molecule has 116 valence electrons. The molecule has 0 aliphatic carbocycles. The van der Waals surface area contributed by atoms with Crippen LogP contribution in [0.4, 0.5) is 5.69 Å². The molecule has 0 radical (unpaired) electrons. The zero-order valence-corrected chi connectivity index (χ0v) is 12.6. The molecule has 0 saturated carbocycles. The molecule has 21 heavy (non-hydrogen) atoms. The Hall–Kier alpha value is -1.86. The van der Waals surface area contributed by atoms with E-state index in [0.29, 0.717) is 25.2 Å². The number of carbonyl (C=O) groups excluding carboxylic acids is 1. The predicted octanol–water partition coefficient (Wildman–Crippen LogP) is 1.87. The van der Waals surface area contributed by atoms with E-state index in [1.807, 2.05) is 0 Å². The van der Waals surface area contributed by atoms with Gasteiger partial charge in [0, 0.05) is 12.1 Å². The van der Waals surface area contributed by atoms with Crippen molar-refractivity contribution < 1.29 is 14.5 Å². The molecule has 1 unspecified atom stereocenters. The molecule has 3 N–H and O–H groups in total. The van der Waals surface area contributed by atoms with Crippen LogP contribution in [0.3, 0.4) is 0 Å². The number of rotatable bonds is 8. The third-order valence-electron chi connectivity index (χ3n) is 3.30. The number of nitrogens with one attached hydrogen (secondary N) is 1. The number of hydrogen-bond donors (Lipinski definition) is 2. The summed E-state index contributed by atoms with van der Waals surface area (Å²) in [6.07, 6.45) is 1.11. The Bertz CT molecular complexity index is 538. The van der Waals surface area contributed by atoms with Crippen LogP contribution in [-0.4, -0.2) is 30.0 Å². The maximum absolute atomic E-state index is 11.3. The number of carbonyl (C=O) groups is 1. The number of halogens is 1. The monoisotopic (exact) mass is 315 g/mol. The lowest BCUT2D eigenvalue weighted by Gasteiger charge is -2.25. The van der Waals surface area contributed by atoms with E-state index in [2.05, 4.69) is 5.32 Å². The van der Waals surface area contributed by atoms with Crippen molar-refractivity contribution in [1.82, 2.24) is 5.32 Å². The fourth-order valence-corrected chi connectivity index (χ4v) is 1.95. The van der Waals surface area contributed by atoms with Gasteiger partial charge in [0.15, 0.2) is 0 Å². The number of primary amides is 1. The number of nitro groups is 1. The lowest BCUT2D eigenvalue weighted by Crippen LogP contribution is -2.51. The molecular formula is C13H18ClN3O4. The van der Waals surface area contributed by atoms with Gasteiger partial charge in [0.25, 0.3) is 5.69 Å². The maximum atomic E-state index is 11.3. The summed E-state index contributed by atoms with van der Waals surface area (Å²) < 4.78 is 5.45. The fourth-order valence-electron chi connectivity index (χ4n) is 1.71. The van der Waals surface area contributed by atoms with Gasteiger partial charge >= 0.3 is 0 Å². The molecular weight excluding hydrogens is 298 g/mol. The van der Waals surface area contributed by atoms with Crippen LogP contribution in [0.2, 0.25) is 5.02 Å². The van der Waals surface area contributed by atoms with Crippen molar-refractivity contribution in [3.63, 3.8) is 0 Å². The first-order valence-corrected chi connectivity index (χ1v) is 6.73. The van der Waals surface area contributed by atoms with Crippen LogP contribution in [0.15, 0.2) is 18.2 Å². The summed E-state index contributed by atoms with van der Waals surface area (Å²) in [6, 6.07) is 4.17. The molecule has 0 aliphatic rings. The van der Waals surface area contributed by atoms with Crippen LogP contribution in [0.5, 0.6) is 5.75 Å². The quantitative estimate of drug-likeness (QED) is 0.432. The Balaban J connectivity index is 2.52. The highest BCUT2D eigenvalue weighted by Crippen LogP contribution is 2.28. The van der Waals surface area contributed by atoms with Gasteiger partial charge in [-0.2, -0.15) is 0 Å². The summed E-state index contributed by atoms with van der Waals surface area (Å²) in [5.41, 5.74) is 4.37. The van der Waals surface area contributed by atoms with Crippen molar-refractivity contribution in [3.05, 3.63) is 33.3 Å². The van der Waals surface area contributed by atoms with Gasteiger partial charge in [-0.1, -0.05) is 11.6 Å². The van der Waals surface area contributed by atoms with E-state index in [4.69, 9.17) is 22.1 Å². The molecule has 0 aliphatic heterocycles. The minimum Gasteiger partial charge on any atom is -0.494 e. The lowest BCUT2D eigenvalue weighted by molar-refractivity contribution is -0.384. The topological polar surface area (TPSA) is 107 Å². The van der Waals surface area contributed by atoms with Gasteiger partial charge in [-0.3, -0.25) is 14.9 Å². The Kier molecular flexibility index (Phi) is 5.92. The Labute approximate surface area is 127 Å². The number of nitrogens with two attached hydrogens (primary N) is 1. The molecule has 1 rings (SSSR count). The normalized spacial score (nSPS) is 13.5. The van der Waals surface area contributed by atoms with Crippen LogP contribution in [0, 0.1) is 10.1 Å². The highest BCUT2D eigenvalue weighted by atomic mass is 35.5. The summed E-state index contributed by atoms with van der Waals surface area (Å²) >= 11 is 5.78. The predicted molar refractivity (Wildman–Crippen MR) is 79.5 cm³/mol. The van der Waals surface area contributed by atoms with Crippen LogP contribution in [0.25, 0.3) is 0 Å². The number of likely N-dealkylation sites (N-methyl/N-ethyl adjacent to an activating group) is 1. The molecule has 1 atom stereocenters. The summed E-state index contributed by atoms with van der Waals surface area (Å²) in [5, 5.41) is 13.5. The minimum atomic E-state index is -0.781. The number of amides is 1. The minimum absolute atomic E-state index is 0.0229. The van der Waals surface area contributed by atoms with E-state index in [-0.39, 0.29) is 10.7 Å². The van der Waals surface area contributed by atoms with Crippen LogP contribution in [-0.2, 0) is 4.79 Å². The van der Waals surface area contributed by atoms with Crippen molar-refractivity contribution in [1.29, 1.82) is 0 Å². The van der Waals surface area contributed by atoms with Crippen molar-refractivity contribution >= 4 is 23.2 Å². The van der Waals surface area contributed by atoms with Gasteiger partial charge in [0.1, 0.15) is 10.8 Å². The molecule has 7 nitrogen and oxygen atoms in total. The van der Waals surface area contributed by atoms with Gasteiger partial charge in [-0.05, 0) is 32.9 Å². The van der Waals surface area contributed by atoms with E-state index >= 15 is 0 Å². The standard InChI is InChI=1S/C13H18ClN3O4/c1-13(16-2,12(15)18)6-3-7-21-9-4-5-11(17(19)20)10(14)8-9/h4-5,8,16H,3,6-7H2,1-2H3,(H2,15,18).